The Morgan fingerprint density at radius 2 is 2.18 bits per heavy atom. The molecular weight excluding hydrogens is 250 g/mol. The van der Waals surface area contributed by atoms with Crippen molar-refractivity contribution in [3.63, 3.8) is 0 Å². The molecule has 2 heterocycles. The number of rotatable bonds is 3. The second-order valence-electron chi connectivity index (χ2n) is 3.80. The van der Waals surface area contributed by atoms with Crippen LogP contribution < -0.4 is 5.32 Å². The molecule has 3 rings (SSSR count). The molecule has 0 saturated heterocycles. The van der Waals surface area contributed by atoms with Gasteiger partial charge in [0.1, 0.15) is 0 Å². The monoisotopic (exact) mass is 261 g/mol. The first kappa shape index (κ1) is 10.7. The van der Waals surface area contributed by atoms with E-state index < -0.39 is 0 Å². The average Bonchev–Trinajstić information content (AvgIpc) is 2.99. The van der Waals surface area contributed by atoms with Crippen LogP contribution in [0.3, 0.4) is 0 Å². The van der Waals surface area contributed by atoms with E-state index in [9.17, 15) is 0 Å². The van der Waals surface area contributed by atoms with E-state index in [0.29, 0.717) is 0 Å². The molecule has 0 radical (unpaired) electrons. The van der Waals surface area contributed by atoms with E-state index >= 15 is 0 Å². The second-order valence-corrected chi connectivity index (χ2v) is 5.61. The predicted octanol–water partition coefficient (Wildman–Crippen LogP) is 3.93. The summed E-state index contributed by atoms with van der Waals surface area (Å²) in [5.74, 6) is 0. The summed E-state index contributed by atoms with van der Waals surface area (Å²) in [6.45, 7) is 2.14. The first-order valence-corrected chi connectivity index (χ1v) is 7.07. The normalized spacial score (nSPS) is 12.8. The van der Waals surface area contributed by atoms with Gasteiger partial charge in [-0.25, -0.2) is 4.98 Å². The van der Waals surface area contributed by atoms with E-state index in [-0.39, 0.29) is 6.04 Å². The largest absolute Gasteiger partial charge is 0.378 e. The molecule has 3 aromatic rings. The lowest BCUT2D eigenvalue weighted by Gasteiger charge is -2.12. The van der Waals surface area contributed by atoms with Crippen LogP contribution in [0.5, 0.6) is 0 Å². The van der Waals surface area contributed by atoms with Crippen molar-refractivity contribution in [3.05, 3.63) is 40.3 Å². The SMILES string of the molecule is CC(Nc1ccc2ncsc2c1)c1cncs1. The fraction of sp³-hybridized carbons (Fsp3) is 0.167. The first-order chi connectivity index (χ1) is 8.33. The molecule has 86 valence electrons. The van der Waals surface area contributed by atoms with Crippen LogP contribution in [0, 0.1) is 0 Å². The van der Waals surface area contributed by atoms with Crippen molar-refractivity contribution in [2.75, 3.05) is 5.32 Å². The van der Waals surface area contributed by atoms with Gasteiger partial charge in [0, 0.05) is 16.8 Å². The number of fused-ring (bicyclic) bond motifs is 1. The van der Waals surface area contributed by atoms with Crippen LogP contribution in [0.1, 0.15) is 17.8 Å². The zero-order chi connectivity index (χ0) is 11.7. The molecule has 3 nitrogen and oxygen atoms in total. The summed E-state index contributed by atoms with van der Waals surface area (Å²) in [5, 5.41) is 3.48. The second kappa shape index (κ2) is 4.43. The van der Waals surface area contributed by atoms with Gasteiger partial charge >= 0.3 is 0 Å². The highest BCUT2D eigenvalue weighted by atomic mass is 32.1. The smallest absolute Gasteiger partial charge is 0.0813 e. The number of anilines is 1. The van der Waals surface area contributed by atoms with Gasteiger partial charge in [0.25, 0.3) is 0 Å². The Morgan fingerprint density at radius 3 is 3.00 bits per heavy atom. The molecule has 0 aliphatic carbocycles. The molecule has 0 aliphatic rings. The summed E-state index contributed by atoms with van der Waals surface area (Å²) in [6, 6.07) is 6.55. The van der Waals surface area contributed by atoms with Crippen molar-refractivity contribution in [2.24, 2.45) is 0 Å². The van der Waals surface area contributed by atoms with E-state index in [4.69, 9.17) is 0 Å². The molecule has 0 spiro atoms. The van der Waals surface area contributed by atoms with Gasteiger partial charge in [-0.15, -0.1) is 22.7 Å². The van der Waals surface area contributed by atoms with Crippen LogP contribution in [-0.4, -0.2) is 9.97 Å². The maximum atomic E-state index is 4.27. The van der Waals surface area contributed by atoms with E-state index in [1.54, 1.807) is 22.7 Å². The summed E-state index contributed by atoms with van der Waals surface area (Å²) in [4.78, 5) is 9.61. The average molecular weight is 261 g/mol. The molecule has 0 saturated carbocycles. The van der Waals surface area contributed by atoms with E-state index in [2.05, 4.69) is 34.3 Å². The molecule has 1 N–H and O–H groups in total. The molecule has 5 heteroatoms. The highest BCUT2D eigenvalue weighted by molar-refractivity contribution is 7.16. The Morgan fingerprint density at radius 1 is 1.24 bits per heavy atom. The Hall–Kier alpha value is -1.46. The summed E-state index contributed by atoms with van der Waals surface area (Å²) in [6.07, 6.45) is 1.91. The van der Waals surface area contributed by atoms with Gasteiger partial charge in [-0.3, -0.25) is 4.98 Å². The lowest BCUT2D eigenvalue weighted by molar-refractivity contribution is 0.904. The van der Waals surface area contributed by atoms with Gasteiger partial charge in [0.05, 0.1) is 27.3 Å². The van der Waals surface area contributed by atoms with Gasteiger partial charge in [-0.05, 0) is 25.1 Å². The first-order valence-electron chi connectivity index (χ1n) is 5.31. The van der Waals surface area contributed by atoms with E-state index in [1.165, 1.54) is 9.58 Å². The fourth-order valence-electron chi connectivity index (χ4n) is 1.71. The van der Waals surface area contributed by atoms with Gasteiger partial charge in [0.2, 0.25) is 0 Å². The number of thiazole rings is 2. The maximum Gasteiger partial charge on any atom is 0.0813 e. The maximum absolute atomic E-state index is 4.27. The Balaban J connectivity index is 1.84. The van der Waals surface area contributed by atoms with Crippen LogP contribution in [0.25, 0.3) is 10.2 Å². The van der Waals surface area contributed by atoms with Crippen LogP contribution in [0.15, 0.2) is 35.4 Å². The molecule has 1 aromatic carbocycles. The summed E-state index contributed by atoms with van der Waals surface area (Å²) >= 11 is 3.34. The number of aromatic nitrogens is 2. The zero-order valence-corrected chi connectivity index (χ0v) is 10.9. The van der Waals surface area contributed by atoms with Gasteiger partial charge < -0.3 is 5.32 Å². The molecule has 1 unspecified atom stereocenters. The number of benzene rings is 1. The Bertz CT molecular complexity index is 616. The van der Waals surface area contributed by atoms with Crippen molar-refractivity contribution < 1.29 is 0 Å². The standard InChI is InChI=1S/C12H11N3S2/c1-8(12-5-13-6-16-12)15-9-2-3-10-11(4-9)17-7-14-10/h2-8,15H,1H3. The van der Waals surface area contributed by atoms with Crippen molar-refractivity contribution >= 4 is 38.6 Å². The molecule has 0 fully saturated rings. The molecule has 0 bridgehead atoms. The van der Waals surface area contributed by atoms with Crippen molar-refractivity contribution in [2.45, 2.75) is 13.0 Å². The molecule has 1 atom stereocenters. The van der Waals surface area contributed by atoms with E-state index in [1.807, 2.05) is 23.3 Å². The van der Waals surface area contributed by atoms with Crippen LogP contribution >= 0.6 is 22.7 Å². The van der Waals surface area contributed by atoms with E-state index in [0.717, 1.165) is 11.2 Å². The minimum Gasteiger partial charge on any atom is -0.378 e. The van der Waals surface area contributed by atoms with Crippen molar-refractivity contribution in [1.82, 2.24) is 9.97 Å². The minimum absolute atomic E-state index is 0.285. The van der Waals surface area contributed by atoms with Crippen molar-refractivity contribution in [1.29, 1.82) is 0 Å². The lowest BCUT2D eigenvalue weighted by Crippen LogP contribution is -2.04. The fourth-order valence-corrected chi connectivity index (χ4v) is 3.05. The van der Waals surface area contributed by atoms with Gasteiger partial charge in [0.15, 0.2) is 0 Å². The minimum atomic E-state index is 0.285. The highest BCUT2D eigenvalue weighted by Crippen LogP contribution is 2.26. The third-order valence-electron chi connectivity index (χ3n) is 2.59. The topological polar surface area (TPSA) is 37.8 Å². The zero-order valence-electron chi connectivity index (χ0n) is 9.25. The quantitative estimate of drug-likeness (QED) is 0.776. The third-order valence-corrected chi connectivity index (χ3v) is 4.34. The van der Waals surface area contributed by atoms with Crippen LogP contribution in [0.4, 0.5) is 5.69 Å². The molecule has 17 heavy (non-hydrogen) atoms. The number of nitrogens with one attached hydrogen (secondary N) is 1. The van der Waals surface area contributed by atoms with Crippen LogP contribution in [0.2, 0.25) is 0 Å². The Labute approximate surface area is 107 Å². The molecule has 0 aliphatic heterocycles. The predicted molar refractivity (Wildman–Crippen MR) is 73.8 cm³/mol. The molecule has 2 aromatic heterocycles. The summed E-state index contributed by atoms with van der Waals surface area (Å²) < 4.78 is 1.21. The van der Waals surface area contributed by atoms with Crippen LogP contribution in [-0.2, 0) is 0 Å². The number of hydrogen-bond acceptors (Lipinski definition) is 5. The summed E-state index contributed by atoms with van der Waals surface area (Å²) in [5.41, 5.74) is 5.93. The Kier molecular flexibility index (Phi) is 2.78. The lowest BCUT2D eigenvalue weighted by atomic mass is 10.2. The molecule has 0 amide bonds. The van der Waals surface area contributed by atoms with Gasteiger partial charge in [-0.1, -0.05) is 0 Å². The van der Waals surface area contributed by atoms with Gasteiger partial charge in [-0.2, -0.15) is 0 Å². The third kappa shape index (κ3) is 2.16. The summed E-state index contributed by atoms with van der Waals surface area (Å²) in [7, 11) is 0. The molecular formula is C12H11N3S2. The highest BCUT2D eigenvalue weighted by Gasteiger charge is 2.07. The van der Waals surface area contributed by atoms with Crippen molar-refractivity contribution in [3.8, 4) is 0 Å². The number of hydrogen-bond donors (Lipinski definition) is 1. The number of nitrogens with zero attached hydrogens (tertiary/aromatic N) is 2.